The lowest BCUT2D eigenvalue weighted by Gasteiger charge is -2.08. The number of ether oxygens (including phenoxy) is 2. The van der Waals surface area contributed by atoms with E-state index in [1.807, 2.05) is 5.32 Å². The third kappa shape index (κ3) is 4.39. The summed E-state index contributed by atoms with van der Waals surface area (Å²) < 4.78 is 56.4. The van der Waals surface area contributed by atoms with Crippen molar-refractivity contribution in [2.24, 2.45) is 0 Å². The smallest absolute Gasteiger partial charge is 0.349 e. The third-order valence-electron chi connectivity index (χ3n) is 2.56. The van der Waals surface area contributed by atoms with Gasteiger partial charge in [0.05, 0.1) is 18.3 Å². The molecule has 0 fully saturated rings. The summed E-state index contributed by atoms with van der Waals surface area (Å²) >= 11 is 0.821. The van der Waals surface area contributed by atoms with Crippen LogP contribution in [-0.4, -0.2) is 49.5 Å². The highest BCUT2D eigenvalue weighted by atomic mass is 32.2. The molecule has 2 heterocycles. The summed E-state index contributed by atoms with van der Waals surface area (Å²) in [6, 6.07) is -0.717. The average Bonchev–Trinajstić information content (AvgIpc) is 3.01. The predicted octanol–water partition coefficient (Wildman–Crippen LogP) is 0.547. The minimum absolute atomic E-state index is 0.0122. The van der Waals surface area contributed by atoms with Crippen LogP contribution < -0.4 is 14.8 Å². The van der Waals surface area contributed by atoms with Crippen molar-refractivity contribution in [3.05, 3.63) is 22.1 Å². The number of amides is 2. The summed E-state index contributed by atoms with van der Waals surface area (Å²) in [6.07, 6.45) is 0. The van der Waals surface area contributed by atoms with Gasteiger partial charge in [0.2, 0.25) is 5.95 Å². The molecule has 0 aromatic carbocycles. The predicted molar refractivity (Wildman–Crippen MR) is 86.1 cm³/mol. The van der Waals surface area contributed by atoms with Crippen molar-refractivity contribution in [1.29, 1.82) is 0 Å². The number of thiophene rings is 1. The molecule has 134 valence electrons. The van der Waals surface area contributed by atoms with Crippen molar-refractivity contribution >= 4 is 39.3 Å². The molecule has 0 bridgehead atoms. The molecule has 0 spiro atoms. The first-order valence-corrected chi connectivity index (χ1v) is 8.69. The van der Waals surface area contributed by atoms with Crippen LogP contribution >= 0.6 is 11.3 Å². The molecule has 0 radical (unpaired) electrons. The zero-order valence-electron chi connectivity index (χ0n) is 15.8. The molecule has 2 rings (SSSR count). The van der Waals surface area contributed by atoms with E-state index in [9.17, 15) is 18.0 Å². The van der Waals surface area contributed by atoms with Crippen LogP contribution in [0.15, 0.2) is 16.3 Å². The molecule has 2 aromatic heterocycles. The van der Waals surface area contributed by atoms with Gasteiger partial charge in [-0.25, -0.2) is 22.7 Å². The minimum Gasteiger partial charge on any atom is -0.467 e. The molecule has 0 aliphatic carbocycles. The van der Waals surface area contributed by atoms with Crippen LogP contribution in [0.3, 0.4) is 0 Å². The Labute approximate surface area is 150 Å². The molecule has 25 heavy (non-hydrogen) atoms. The van der Waals surface area contributed by atoms with E-state index in [4.69, 9.17) is 4.11 Å². The number of methoxy groups -OCH3 is 2. The largest absolute Gasteiger partial charge is 0.467 e. The first-order chi connectivity index (χ1) is 12.9. The maximum atomic E-state index is 12.3. The Bertz CT molecular complexity index is 1010. The van der Waals surface area contributed by atoms with Crippen molar-refractivity contribution in [3.63, 3.8) is 0 Å². The quantitative estimate of drug-likeness (QED) is 0.698. The molecule has 11 nitrogen and oxygen atoms in total. The molecule has 0 aliphatic rings. The van der Waals surface area contributed by atoms with Crippen LogP contribution in [0.2, 0.25) is 0 Å². The number of aryl methyl sites for hydroxylation is 1. The van der Waals surface area contributed by atoms with E-state index < -0.39 is 45.9 Å². The molecule has 0 atom stereocenters. The highest BCUT2D eigenvalue weighted by Gasteiger charge is 2.26. The number of aromatic nitrogens is 3. The summed E-state index contributed by atoms with van der Waals surface area (Å²) in [5, 5.41) is 3.36. The lowest BCUT2D eigenvalue weighted by molar-refractivity contribution is 0.0602. The van der Waals surface area contributed by atoms with Gasteiger partial charge in [-0.15, -0.1) is 11.3 Å². The normalized spacial score (nSPS) is 13.1. The van der Waals surface area contributed by atoms with Gasteiger partial charge < -0.3 is 9.47 Å². The van der Waals surface area contributed by atoms with Gasteiger partial charge >= 0.3 is 18.0 Å². The standard InChI is InChI=1S/C12H13N5O6S2/c1-6-13-10(16-12(14-6)23-3)15-11(19)17-25(20,21)7-4-5-24-8(7)9(18)22-2/h4-5H,1-3H3,(H2,13,14,15,16,17,19)/i3D3. The van der Waals surface area contributed by atoms with E-state index in [0.717, 1.165) is 24.5 Å². The van der Waals surface area contributed by atoms with Gasteiger partial charge in [0.25, 0.3) is 10.0 Å². The molecule has 0 saturated heterocycles. The van der Waals surface area contributed by atoms with Gasteiger partial charge in [-0.2, -0.15) is 15.0 Å². The zero-order chi connectivity index (χ0) is 21.1. The summed E-state index contributed by atoms with van der Waals surface area (Å²) in [5.74, 6) is -1.31. The van der Waals surface area contributed by atoms with Gasteiger partial charge in [-0.3, -0.25) is 5.32 Å². The Morgan fingerprint density at radius 2 is 2.08 bits per heavy atom. The molecule has 2 N–H and O–H groups in total. The van der Waals surface area contributed by atoms with Crippen molar-refractivity contribution in [3.8, 4) is 6.01 Å². The lowest BCUT2D eigenvalue weighted by Crippen LogP contribution is -2.35. The van der Waals surface area contributed by atoms with Crippen molar-refractivity contribution < 1.29 is 31.6 Å². The monoisotopic (exact) mass is 390 g/mol. The Kier molecular flexibility index (Phi) is 4.30. The van der Waals surface area contributed by atoms with Crippen LogP contribution in [0, 0.1) is 6.92 Å². The van der Waals surface area contributed by atoms with Gasteiger partial charge in [0.15, 0.2) is 0 Å². The number of hydrogen-bond donors (Lipinski definition) is 2. The Morgan fingerprint density at radius 3 is 2.76 bits per heavy atom. The second kappa shape index (κ2) is 7.40. The second-order valence-corrected chi connectivity index (χ2v) is 6.82. The molecular weight excluding hydrogens is 374 g/mol. The van der Waals surface area contributed by atoms with Crippen LogP contribution in [0.1, 0.15) is 19.6 Å². The zero-order valence-corrected chi connectivity index (χ0v) is 14.4. The molecule has 0 saturated carbocycles. The van der Waals surface area contributed by atoms with Crippen molar-refractivity contribution in [1.82, 2.24) is 19.7 Å². The molecule has 2 amide bonds. The number of sulfonamides is 1. The van der Waals surface area contributed by atoms with E-state index in [2.05, 4.69) is 24.4 Å². The Balaban J connectivity index is 2.18. The first kappa shape index (κ1) is 14.5. The minimum atomic E-state index is -4.42. The summed E-state index contributed by atoms with van der Waals surface area (Å²) in [4.78, 5) is 33.9. The van der Waals surface area contributed by atoms with Crippen LogP contribution in [0.5, 0.6) is 6.01 Å². The fourth-order valence-electron chi connectivity index (χ4n) is 1.61. The number of rotatable bonds is 5. The average molecular weight is 390 g/mol. The highest BCUT2D eigenvalue weighted by Crippen LogP contribution is 2.22. The molecule has 0 unspecified atom stereocenters. The van der Waals surface area contributed by atoms with Gasteiger partial charge in [0.1, 0.15) is 15.6 Å². The van der Waals surface area contributed by atoms with Gasteiger partial charge in [-0.05, 0) is 18.4 Å². The summed E-state index contributed by atoms with van der Waals surface area (Å²) in [5.41, 5.74) is 0. The van der Waals surface area contributed by atoms with Crippen molar-refractivity contribution in [2.75, 3.05) is 19.5 Å². The SMILES string of the molecule is [2H]C([2H])([2H])Oc1nc(C)nc(NC(=O)NS(=O)(=O)c2ccsc2C(=O)OC)n1. The topological polar surface area (TPSA) is 149 Å². The van der Waals surface area contributed by atoms with E-state index in [1.165, 1.54) is 12.3 Å². The number of esters is 1. The number of urea groups is 1. The fraction of sp³-hybridized carbons (Fsp3) is 0.250. The third-order valence-corrected chi connectivity index (χ3v) is 4.96. The number of carbonyl (C=O) groups excluding carboxylic acids is 2. The number of anilines is 1. The van der Waals surface area contributed by atoms with E-state index in [0.29, 0.717) is 0 Å². The Hall–Kier alpha value is -2.80. The summed E-state index contributed by atoms with van der Waals surface area (Å²) in [7, 11) is -6.17. The molecule has 0 aliphatic heterocycles. The maximum absolute atomic E-state index is 12.3. The van der Waals surface area contributed by atoms with E-state index in [-0.39, 0.29) is 10.7 Å². The highest BCUT2D eigenvalue weighted by molar-refractivity contribution is 7.90. The van der Waals surface area contributed by atoms with Crippen LogP contribution in [0.4, 0.5) is 10.7 Å². The maximum Gasteiger partial charge on any atom is 0.349 e. The number of carbonyl (C=O) groups is 2. The van der Waals surface area contributed by atoms with Crippen LogP contribution in [-0.2, 0) is 14.8 Å². The summed E-state index contributed by atoms with van der Waals surface area (Å²) in [6.45, 7) is 1.38. The Morgan fingerprint density at radius 1 is 1.32 bits per heavy atom. The van der Waals surface area contributed by atoms with Crippen molar-refractivity contribution in [2.45, 2.75) is 11.8 Å². The molecule has 2 aromatic rings. The second-order valence-electron chi connectivity index (χ2n) is 4.26. The van der Waals surface area contributed by atoms with Gasteiger partial charge in [0, 0.05) is 0 Å². The van der Waals surface area contributed by atoms with Gasteiger partial charge in [-0.1, -0.05) is 0 Å². The molecular formula is C12H13N5O6S2. The number of nitrogens with zero attached hydrogens (tertiary/aromatic N) is 3. The fourth-order valence-corrected chi connectivity index (χ4v) is 3.86. The molecule has 13 heteroatoms. The number of nitrogens with one attached hydrogen (secondary N) is 2. The lowest BCUT2D eigenvalue weighted by atomic mass is 10.5. The van der Waals surface area contributed by atoms with E-state index in [1.54, 1.807) is 4.72 Å². The first-order valence-electron chi connectivity index (χ1n) is 7.82. The van der Waals surface area contributed by atoms with Crippen LogP contribution in [0.25, 0.3) is 0 Å². The van der Waals surface area contributed by atoms with E-state index >= 15 is 0 Å². The number of hydrogen-bond acceptors (Lipinski definition) is 10.